The number of morpholine rings is 1. The molecule has 0 radical (unpaired) electrons. The van der Waals surface area contributed by atoms with Gasteiger partial charge >= 0.3 is 0 Å². The molecule has 0 aliphatic carbocycles. The first-order chi connectivity index (χ1) is 8.49. The van der Waals surface area contributed by atoms with Crippen molar-refractivity contribution >= 4 is 21.8 Å². The first-order valence-corrected chi connectivity index (χ1v) is 6.69. The maximum atomic E-state index is 11.4. The summed E-state index contributed by atoms with van der Waals surface area (Å²) in [6.07, 6.45) is 0. The van der Waals surface area contributed by atoms with E-state index < -0.39 is 11.5 Å². The number of halogens is 1. The van der Waals surface area contributed by atoms with Crippen molar-refractivity contribution < 1.29 is 9.53 Å². The topological polar surface area (TPSA) is 55.6 Å². The second-order valence-corrected chi connectivity index (χ2v) is 5.70. The lowest BCUT2D eigenvalue weighted by molar-refractivity contribution is -0.153. The molecule has 1 fully saturated rings. The molecule has 2 rings (SSSR count). The summed E-state index contributed by atoms with van der Waals surface area (Å²) in [6, 6.07) is 8.16. The van der Waals surface area contributed by atoms with Gasteiger partial charge in [0.15, 0.2) is 5.60 Å². The summed E-state index contributed by atoms with van der Waals surface area (Å²) in [5.41, 5.74) is 5.72. The number of hydrogen-bond donors (Lipinski definition) is 1. The van der Waals surface area contributed by atoms with E-state index in [9.17, 15) is 4.79 Å². The van der Waals surface area contributed by atoms with Crippen molar-refractivity contribution in [3.05, 3.63) is 34.3 Å². The highest BCUT2D eigenvalue weighted by Gasteiger charge is 2.37. The van der Waals surface area contributed by atoms with Crippen molar-refractivity contribution in [2.45, 2.75) is 19.1 Å². The van der Waals surface area contributed by atoms with Gasteiger partial charge < -0.3 is 10.5 Å². The van der Waals surface area contributed by atoms with Crippen molar-refractivity contribution in [1.82, 2.24) is 4.90 Å². The minimum absolute atomic E-state index is 0.401. The highest BCUT2D eigenvalue weighted by molar-refractivity contribution is 9.10. The average Bonchev–Trinajstić information content (AvgIpc) is 2.29. The van der Waals surface area contributed by atoms with Gasteiger partial charge in [0.2, 0.25) is 0 Å². The normalized spacial score (nSPS) is 25.0. The van der Waals surface area contributed by atoms with Crippen LogP contribution in [-0.2, 0) is 16.1 Å². The second kappa shape index (κ2) is 5.38. The smallest absolute Gasteiger partial charge is 0.250 e. The molecule has 1 aromatic carbocycles. The van der Waals surface area contributed by atoms with Gasteiger partial charge in [0.25, 0.3) is 5.91 Å². The maximum Gasteiger partial charge on any atom is 0.250 e. The fourth-order valence-corrected chi connectivity index (χ4v) is 2.58. The predicted molar refractivity (Wildman–Crippen MR) is 73.0 cm³/mol. The largest absolute Gasteiger partial charge is 0.367 e. The maximum absolute atomic E-state index is 11.4. The molecule has 0 spiro atoms. The second-order valence-electron chi connectivity index (χ2n) is 4.78. The lowest BCUT2D eigenvalue weighted by Gasteiger charge is -2.38. The van der Waals surface area contributed by atoms with E-state index in [-0.39, 0.29) is 0 Å². The van der Waals surface area contributed by atoms with Crippen molar-refractivity contribution in [2.75, 3.05) is 19.7 Å². The number of benzene rings is 1. The highest BCUT2D eigenvalue weighted by Crippen LogP contribution is 2.20. The Bertz CT molecular complexity index is 452. The van der Waals surface area contributed by atoms with E-state index >= 15 is 0 Å². The van der Waals surface area contributed by atoms with E-state index in [1.54, 1.807) is 6.92 Å². The van der Waals surface area contributed by atoms with E-state index in [0.29, 0.717) is 13.2 Å². The minimum Gasteiger partial charge on any atom is -0.367 e. The van der Waals surface area contributed by atoms with Crippen LogP contribution < -0.4 is 5.73 Å². The standard InChI is InChI=1S/C13H17BrN2O2/c1-13(12(15)17)9-16(5-6-18-13)8-10-3-2-4-11(14)7-10/h2-4,7H,5-6,8-9H2,1H3,(H2,15,17)/t13-/m1/s1. The Balaban J connectivity index is 2.04. The van der Waals surface area contributed by atoms with Gasteiger partial charge in [-0.3, -0.25) is 9.69 Å². The SMILES string of the molecule is C[C@]1(C(N)=O)CN(Cc2cccc(Br)c2)CCO1. The summed E-state index contributed by atoms with van der Waals surface area (Å²) in [4.78, 5) is 13.6. The molecule has 1 atom stereocenters. The van der Waals surface area contributed by atoms with Crippen LogP contribution in [0.4, 0.5) is 0 Å². The number of ether oxygens (including phenoxy) is 1. The number of nitrogens with zero attached hydrogens (tertiary/aromatic N) is 1. The molecular formula is C13H17BrN2O2. The van der Waals surface area contributed by atoms with Gasteiger partial charge in [0, 0.05) is 24.1 Å². The zero-order valence-corrected chi connectivity index (χ0v) is 11.9. The number of primary amides is 1. The van der Waals surface area contributed by atoms with E-state index in [0.717, 1.165) is 17.6 Å². The molecule has 0 bridgehead atoms. The van der Waals surface area contributed by atoms with Crippen LogP contribution in [0, 0.1) is 0 Å². The summed E-state index contributed by atoms with van der Waals surface area (Å²) in [6.45, 7) is 4.44. The van der Waals surface area contributed by atoms with Crippen molar-refractivity contribution in [2.24, 2.45) is 5.73 Å². The van der Waals surface area contributed by atoms with Gasteiger partial charge in [-0.1, -0.05) is 28.1 Å². The highest BCUT2D eigenvalue weighted by atomic mass is 79.9. The monoisotopic (exact) mass is 312 g/mol. The van der Waals surface area contributed by atoms with Gasteiger partial charge in [0.05, 0.1) is 6.61 Å². The van der Waals surface area contributed by atoms with Crippen LogP contribution >= 0.6 is 15.9 Å². The van der Waals surface area contributed by atoms with Crippen LogP contribution in [0.5, 0.6) is 0 Å². The van der Waals surface area contributed by atoms with Crippen LogP contribution in [0.15, 0.2) is 28.7 Å². The molecule has 98 valence electrons. The molecule has 1 aliphatic rings. The molecule has 0 aromatic heterocycles. The summed E-state index contributed by atoms with van der Waals surface area (Å²) >= 11 is 3.46. The van der Waals surface area contributed by atoms with Crippen LogP contribution in [0.2, 0.25) is 0 Å². The summed E-state index contributed by atoms with van der Waals surface area (Å²) in [5.74, 6) is -0.401. The van der Waals surface area contributed by atoms with Crippen LogP contribution in [0.1, 0.15) is 12.5 Å². The van der Waals surface area contributed by atoms with Crippen LogP contribution in [0.25, 0.3) is 0 Å². The Morgan fingerprint density at radius 3 is 3.06 bits per heavy atom. The lowest BCUT2D eigenvalue weighted by Crippen LogP contribution is -2.56. The first-order valence-electron chi connectivity index (χ1n) is 5.90. The van der Waals surface area contributed by atoms with Gasteiger partial charge in [-0.25, -0.2) is 0 Å². The fourth-order valence-electron chi connectivity index (χ4n) is 2.13. The number of hydrogen-bond acceptors (Lipinski definition) is 3. The molecule has 2 N–H and O–H groups in total. The van der Waals surface area contributed by atoms with Gasteiger partial charge in [-0.05, 0) is 24.6 Å². The molecule has 1 aromatic rings. The fraction of sp³-hybridized carbons (Fsp3) is 0.462. The summed E-state index contributed by atoms with van der Waals surface area (Å²) in [5, 5.41) is 0. The van der Waals surface area contributed by atoms with E-state index in [2.05, 4.69) is 33.0 Å². The average molecular weight is 313 g/mol. The summed E-state index contributed by atoms with van der Waals surface area (Å²) < 4.78 is 6.55. The Morgan fingerprint density at radius 2 is 2.39 bits per heavy atom. The molecule has 1 heterocycles. The quantitative estimate of drug-likeness (QED) is 0.921. The van der Waals surface area contributed by atoms with E-state index in [1.807, 2.05) is 12.1 Å². The van der Waals surface area contributed by atoms with Gasteiger partial charge in [-0.15, -0.1) is 0 Å². The Hall–Kier alpha value is -0.910. The third-order valence-electron chi connectivity index (χ3n) is 3.17. The molecule has 0 unspecified atom stereocenters. The molecule has 4 nitrogen and oxygen atoms in total. The number of carbonyl (C=O) groups excluding carboxylic acids is 1. The third kappa shape index (κ3) is 3.10. The first kappa shape index (κ1) is 13.5. The lowest BCUT2D eigenvalue weighted by atomic mass is 10.0. The Morgan fingerprint density at radius 1 is 1.61 bits per heavy atom. The summed E-state index contributed by atoms with van der Waals surface area (Å²) in [7, 11) is 0. The van der Waals surface area contributed by atoms with Crippen LogP contribution in [0.3, 0.4) is 0 Å². The molecule has 18 heavy (non-hydrogen) atoms. The Kier molecular flexibility index (Phi) is 4.04. The van der Waals surface area contributed by atoms with Gasteiger partial charge in [-0.2, -0.15) is 0 Å². The van der Waals surface area contributed by atoms with E-state index in [1.165, 1.54) is 5.56 Å². The number of amides is 1. The molecule has 1 saturated heterocycles. The van der Waals surface area contributed by atoms with Crippen molar-refractivity contribution in [3.63, 3.8) is 0 Å². The zero-order chi connectivity index (χ0) is 13.2. The number of carbonyl (C=O) groups is 1. The van der Waals surface area contributed by atoms with E-state index in [4.69, 9.17) is 10.5 Å². The number of rotatable bonds is 3. The van der Waals surface area contributed by atoms with Crippen molar-refractivity contribution in [3.8, 4) is 0 Å². The molecular weight excluding hydrogens is 296 g/mol. The van der Waals surface area contributed by atoms with Gasteiger partial charge in [0.1, 0.15) is 0 Å². The molecule has 1 aliphatic heterocycles. The predicted octanol–water partition coefficient (Wildman–Crippen LogP) is 1.53. The minimum atomic E-state index is -0.871. The van der Waals surface area contributed by atoms with Crippen LogP contribution in [-0.4, -0.2) is 36.1 Å². The third-order valence-corrected chi connectivity index (χ3v) is 3.66. The molecule has 1 amide bonds. The number of nitrogens with two attached hydrogens (primary N) is 1. The Labute approximate surface area is 115 Å². The zero-order valence-electron chi connectivity index (χ0n) is 10.4. The molecule has 5 heteroatoms. The van der Waals surface area contributed by atoms with Crippen molar-refractivity contribution in [1.29, 1.82) is 0 Å². The molecule has 0 saturated carbocycles.